The highest BCUT2D eigenvalue weighted by molar-refractivity contribution is 5.89. The molecule has 0 spiro atoms. The average molecular weight is 234 g/mol. The molecule has 6 nitrogen and oxygen atoms in total. The number of benzene rings is 1. The first-order valence-corrected chi connectivity index (χ1v) is 4.77. The maximum Gasteiger partial charge on any atom is 0.384 e. The highest BCUT2D eigenvalue weighted by Gasteiger charge is 2.07. The molecule has 0 saturated carbocycles. The second-order valence-corrected chi connectivity index (χ2v) is 3.00. The first-order valence-electron chi connectivity index (χ1n) is 4.77. The summed E-state index contributed by atoms with van der Waals surface area (Å²) in [7, 11) is 0. The molecule has 0 fully saturated rings. The highest BCUT2D eigenvalue weighted by atomic mass is 16.6. The van der Waals surface area contributed by atoms with Crippen LogP contribution >= 0.6 is 0 Å². The maximum atomic E-state index is 11.0. The molecule has 0 radical (unpaired) electrons. The number of esters is 1. The summed E-state index contributed by atoms with van der Waals surface area (Å²) < 4.78 is 4.59. The van der Waals surface area contributed by atoms with Gasteiger partial charge in [-0.3, -0.25) is 10.1 Å². The minimum absolute atomic E-state index is 0.132. The Labute approximate surface area is 97.5 Å². The van der Waals surface area contributed by atoms with Gasteiger partial charge in [0.2, 0.25) is 0 Å². The zero-order chi connectivity index (χ0) is 12.8. The lowest BCUT2D eigenvalue weighted by molar-refractivity contribution is -0.384. The summed E-state index contributed by atoms with van der Waals surface area (Å²) in [6, 6.07) is 3.85. The van der Waals surface area contributed by atoms with Crippen molar-refractivity contribution in [1.29, 1.82) is 0 Å². The van der Waals surface area contributed by atoms with E-state index in [9.17, 15) is 14.9 Å². The summed E-state index contributed by atoms with van der Waals surface area (Å²) in [4.78, 5) is 20.9. The van der Waals surface area contributed by atoms with Crippen LogP contribution in [0.2, 0.25) is 0 Å². The van der Waals surface area contributed by atoms with Gasteiger partial charge in [-0.05, 0) is 13.0 Å². The summed E-state index contributed by atoms with van der Waals surface area (Å²) >= 11 is 0. The van der Waals surface area contributed by atoms with Crippen LogP contribution < -0.4 is 5.73 Å². The van der Waals surface area contributed by atoms with Crippen molar-refractivity contribution >= 4 is 17.3 Å². The number of rotatable bonds is 2. The van der Waals surface area contributed by atoms with Crippen LogP contribution in [0.25, 0.3) is 0 Å². The Balaban J connectivity index is 3.01. The van der Waals surface area contributed by atoms with Crippen molar-refractivity contribution in [3.05, 3.63) is 33.9 Å². The lowest BCUT2D eigenvalue weighted by atomic mass is 10.1. The van der Waals surface area contributed by atoms with Crippen LogP contribution in [0.15, 0.2) is 18.2 Å². The third-order valence-electron chi connectivity index (χ3n) is 1.82. The van der Waals surface area contributed by atoms with E-state index in [2.05, 4.69) is 16.6 Å². The molecule has 1 aromatic carbocycles. The number of hydrogen-bond donors (Lipinski definition) is 1. The second kappa shape index (κ2) is 5.51. The van der Waals surface area contributed by atoms with Gasteiger partial charge in [-0.2, -0.15) is 0 Å². The maximum absolute atomic E-state index is 11.0. The van der Waals surface area contributed by atoms with E-state index < -0.39 is 10.9 Å². The summed E-state index contributed by atoms with van der Waals surface area (Å²) in [5.41, 5.74) is 5.94. The number of nitrogens with two attached hydrogens (primary N) is 1. The summed E-state index contributed by atoms with van der Waals surface area (Å²) in [5.74, 6) is 3.94. The first-order chi connectivity index (χ1) is 8.04. The number of carbonyl (C=O) groups excluding carboxylic acids is 1. The lowest BCUT2D eigenvalue weighted by Crippen LogP contribution is -2.00. The van der Waals surface area contributed by atoms with Gasteiger partial charge < -0.3 is 10.5 Å². The molecule has 0 atom stereocenters. The van der Waals surface area contributed by atoms with Crippen molar-refractivity contribution in [3.8, 4) is 11.8 Å². The van der Waals surface area contributed by atoms with E-state index in [0.29, 0.717) is 0 Å². The number of non-ortho nitro benzene ring substituents is 1. The number of nitrogen functional groups attached to an aromatic ring is 1. The van der Waals surface area contributed by atoms with E-state index >= 15 is 0 Å². The van der Waals surface area contributed by atoms with Gasteiger partial charge in [0.25, 0.3) is 5.69 Å². The molecule has 0 saturated heterocycles. The minimum atomic E-state index is -0.696. The first kappa shape index (κ1) is 12.5. The minimum Gasteiger partial charge on any atom is -0.456 e. The molecule has 1 aromatic rings. The number of carbonyl (C=O) groups is 1. The van der Waals surface area contributed by atoms with Crippen LogP contribution in [0.1, 0.15) is 12.5 Å². The van der Waals surface area contributed by atoms with Crippen LogP contribution in [-0.2, 0) is 9.53 Å². The number of anilines is 1. The third-order valence-corrected chi connectivity index (χ3v) is 1.82. The summed E-state index contributed by atoms with van der Waals surface area (Å²) in [5, 5.41) is 10.5. The lowest BCUT2D eigenvalue weighted by Gasteiger charge is -1.97. The molecule has 17 heavy (non-hydrogen) atoms. The van der Waals surface area contributed by atoms with E-state index in [4.69, 9.17) is 5.73 Å². The topological polar surface area (TPSA) is 95.5 Å². The summed E-state index contributed by atoms with van der Waals surface area (Å²) in [6.07, 6.45) is 0. The van der Waals surface area contributed by atoms with Gasteiger partial charge in [0, 0.05) is 23.7 Å². The van der Waals surface area contributed by atoms with Gasteiger partial charge in [-0.15, -0.1) is 0 Å². The van der Waals surface area contributed by atoms with Crippen LogP contribution in [0.5, 0.6) is 0 Å². The standard InChI is InChI=1S/C11H10N2O4/c1-2-17-11(14)6-3-8-7-9(13(15)16)4-5-10(8)12/h4-5,7H,2,12H2,1H3. The number of nitro groups is 1. The van der Waals surface area contributed by atoms with Crippen LogP contribution in [0.3, 0.4) is 0 Å². The Morgan fingerprint density at radius 1 is 1.59 bits per heavy atom. The Hall–Kier alpha value is -2.55. The van der Waals surface area contributed by atoms with Gasteiger partial charge in [-0.1, -0.05) is 5.92 Å². The molecular weight excluding hydrogens is 224 g/mol. The summed E-state index contributed by atoms with van der Waals surface area (Å²) in [6.45, 7) is 1.87. The molecule has 0 aliphatic heterocycles. The molecule has 88 valence electrons. The number of ether oxygens (including phenoxy) is 1. The fraction of sp³-hybridized carbons (Fsp3) is 0.182. The SMILES string of the molecule is CCOC(=O)C#Cc1cc([N+](=O)[O-])ccc1N. The number of nitro benzene ring substituents is 1. The molecule has 6 heteroatoms. The highest BCUT2D eigenvalue weighted by Crippen LogP contribution is 2.18. The second-order valence-electron chi connectivity index (χ2n) is 3.00. The third kappa shape index (κ3) is 3.50. The molecule has 2 N–H and O–H groups in total. The van der Waals surface area contributed by atoms with E-state index in [-0.39, 0.29) is 23.5 Å². The largest absolute Gasteiger partial charge is 0.456 e. The van der Waals surface area contributed by atoms with Gasteiger partial charge >= 0.3 is 5.97 Å². The van der Waals surface area contributed by atoms with Crippen molar-refractivity contribution in [2.24, 2.45) is 0 Å². The van der Waals surface area contributed by atoms with Crippen LogP contribution in [0.4, 0.5) is 11.4 Å². The molecule has 0 heterocycles. The van der Waals surface area contributed by atoms with E-state index in [1.165, 1.54) is 18.2 Å². The molecule has 0 amide bonds. The zero-order valence-electron chi connectivity index (χ0n) is 9.10. The van der Waals surface area contributed by atoms with Gasteiger partial charge in [0.1, 0.15) is 0 Å². The Bertz CT molecular complexity index is 514. The molecule has 0 aliphatic carbocycles. The fourth-order valence-corrected chi connectivity index (χ4v) is 1.05. The normalized spacial score (nSPS) is 9.00. The predicted octanol–water partition coefficient (Wildman–Crippen LogP) is 1.09. The average Bonchev–Trinajstić information content (AvgIpc) is 2.28. The Morgan fingerprint density at radius 2 is 2.29 bits per heavy atom. The van der Waals surface area contributed by atoms with E-state index in [0.717, 1.165) is 0 Å². The van der Waals surface area contributed by atoms with E-state index in [1.54, 1.807) is 6.92 Å². The molecule has 1 rings (SSSR count). The van der Waals surface area contributed by atoms with Gasteiger partial charge in [0.15, 0.2) is 0 Å². The van der Waals surface area contributed by atoms with Crippen molar-refractivity contribution < 1.29 is 14.5 Å². The number of hydrogen-bond acceptors (Lipinski definition) is 5. The molecule has 0 aliphatic rings. The van der Waals surface area contributed by atoms with Gasteiger partial charge in [-0.25, -0.2) is 4.79 Å². The molecule has 0 unspecified atom stereocenters. The smallest absolute Gasteiger partial charge is 0.384 e. The zero-order valence-corrected chi connectivity index (χ0v) is 9.10. The van der Waals surface area contributed by atoms with Crippen LogP contribution in [-0.4, -0.2) is 17.5 Å². The van der Waals surface area contributed by atoms with Crippen molar-refractivity contribution in [3.63, 3.8) is 0 Å². The predicted molar refractivity (Wildman–Crippen MR) is 61.0 cm³/mol. The van der Waals surface area contributed by atoms with E-state index in [1.807, 2.05) is 0 Å². The van der Waals surface area contributed by atoms with Crippen LogP contribution in [0, 0.1) is 22.0 Å². The molecule has 0 aromatic heterocycles. The van der Waals surface area contributed by atoms with Crippen molar-refractivity contribution in [2.75, 3.05) is 12.3 Å². The van der Waals surface area contributed by atoms with Gasteiger partial charge in [0.05, 0.1) is 17.1 Å². The monoisotopic (exact) mass is 234 g/mol. The molecule has 0 bridgehead atoms. The molecular formula is C11H10N2O4. The quantitative estimate of drug-likeness (QED) is 0.272. The number of nitrogens with zero attached hydrogens (tertiary/aromatic N) is 1. The fourth-order valence-electron chi connectivity index (χ4n) is 1.05. The Morgan fingerprint density at radius 3 is 2.88 bits per heavy atom. The van der Waals surface area contributed by atoms with Crippen molar-refractivity contribution in [2.45, 2.75) is 6.92 Å². The Kier molecular flexibility index (Phi) is 4.06. The van der Waals surface area contributed by atoms with Crippen molar-refractivity contribution in [1.82, 2.24) is 0 Å².